The van der Waals surface area contributed by atoms with Crippen molar-refractivity contribution in [3.8, 4) is 0 Å². The highest BCUT2D eigenvalue weighted by molar-refractivity contribution is 5.96. The van der Waals surface area contributed by atoms with E-state index in [1.807, 2.05) is 0 Å². The highest BCUT2D eigenvalue weighted by Gasteiger charge is 2.44. The molecule has 1 aliphatic carbocycles. The Balaban J connectivity index is 0.00000192. The average molecular weight is 353 g/mol. The molecule has 2 aliphatic rings. The number of alkyl halides is 3. The van der Waals surface area contributed by atoms with Crippen molar-refractivity contribution in [3.63, 3.8) is 0 Å². The van der Waals surface area contributed by atoms with E-state index in [1.165, 1.54) is 4.90 Å². The van der Waals surface area contributed by atoms with Gasteiger partial charge in [-0.05, 0) is 42.9 Å². The van der Waals surface area contributed by atoms with E-state index >= 15 is 0 Å². The number of likely N-dealkylation sites (tertiary alicyclic amines) is 1. The first-order valence-electron chi connectivity index (χ1n) is 7.19. The summed E-state index contributed by atoms with van der Waals surface area (Å²) in [5.41, 5.74) is 4.25. The van der Waals surface area contributed by atoms with E-state index in [2.05, 4.69) is 0 Å². The van der Waals surface area contributed by atoms with Crippen molar-refractivity contribution in [2.75, 3.05) is 13.1 Å². The number of carbonyl (C=O) groups is 1. The average Bonchev–Trinajstić information content (AvgIpc) is 3.00. The summed E-state index contributed by atoms with van der Waals surface area (Å²) >= 11 is 0. The Morgan fingerprint density at radius 1 is 1.22 bits per heavy atom. The third-order valence-electron chi connectivity index (χ3n) is 4.72. The van der Waals surface area contributed by atoms with Crippen molar-refractivity contribution in [2.45, 2.75) is 25.1 Å². The predicted octanol–water partition coefficient (Wildman–Crippen LogP) is 3.08. The molecule has 0 bridgehead atoms. The van der Waals surface area contributed by atoms with Gasteiger partial charge in [0.25, 0.3) is 5.91 Å². The predicted molar refractivity (Wildman–Crippen MR) is 78.7 cm³/mol. The third kappa shape index (κ3) is 3.30. The van der Waals surface area contributed by atoms with E-state index in [0.717, 1.165) is 25.0 Å². The Bertz CT molecular complexity index is 608. The van der Waals surface area contributed by atoms with E-state index in [4.69, 9.17) is 5.73 Å². The molecular weight excluding hydrogens is 336 g/mol. The summed E-state index contributed by atoms with van der Waals surface area (Å²) in [6.45, 7) is 0.797. The van der Waals surface area contributed by atoms with Gasteiger partial charge >= 0.3 is 6.18 Å². The standard InChI is InChI=1S/C15H16F4N2O.ClH/c16-9-2-3-10(12(5-9)15(17,18)19)14(22)21-6-8-1-4-13(20)11(8)7-21;/h2-3,5,8,11,13H,1,4,6-7,20H2;1H. The first-order chi connectivity index (χ1) is 10.3. The SMILES string of the molecule is Cl.NC1CCC2CN(C(=O)c3ccc(F)cc3C(F)(F)F)CC12. The molecule has 1 saturated heterocycles. The van der Waals surface area contributed by atoms with Crippen LogP contribution in [0.4, 0.5) is 17.6 Å². The van der Waals surface area contributed by atoms with Gasteiger partial charge in [0, 0.05) is 19.1 Å². The largest absolute Gasteiger partial charge is 0.417 e. The maximum absolute atomic E-state index is 13.1. The van der Waals surface area contributed by atoms with Crippen LogP contribution >= 0.6 is 12.4 Å². The normalized spacial score (nSPS) is 26.8. The van der Waals surface area contributed by atoms with Crippen LogP contribution in [0.25, 0.3) is 0 Å². The summed E-state index contributed by atoms with van der Waals surface area (Å²) in [5, 5.41) is 0. The van der Waals surface area contributed by atoms with Crippen LogP contribution in [0, 0.1) is 17.7 Å². The monoisotopic (exact) mass is 352 g/mol. The van der Waals surface area contributed by atoms with Crippen LogP contribution in [0.5, 0.6) is 0 Å². The van der Waals surface area contributed by atoms with Crippen LogP contribution in [0.2, 0.25) is 0 Å². The smallest absolute Gasteiger partial charge is 0.338 e. The number of rotatable bonds is 1. The molecule has 1 saturated carbocycles. The number of benzene rings is 1. The fourth-order valence-electron chi connectivity index (χ4n) is 3.58. The van der Waals surface area contributed by atoms with E-state index < -0.39 is 29.0 Å². The van der Waals surface area contributed by atoms with E-state index in [-0.39, 0.29) is 30.3 Å². The van der Waals surface area contributed by atoms with Crippen LogP contribution in [-0.4, -0.2) is 29.9 Å². The van der Waals surface area contributed by atoms with Crippen LogP contribution < -0.4 is 5.73 Å². The minimum Gasteiger partial charge on any atom is -0.338 e. The third-order valence-corrected chi connectivity index (χ3v) is 4.72. The molecule has 3 nitrogen and oxygen atoms in total. The summed E-state index contributed by atoms with van der Waals surface area (Å²) in [5.74, 6) is -1.30. The first kappa shape index (κ1) is 18.0. The Morgan fingerprint density at radius 2 is 1.91 bits per heavy atom. The molecule has 1 aliphatic heterocycles. The number of nitrogens with two attached hydrogens (primary N) is 1. The van der Waals surface area contributed by atoms with Crippen molar-refractivity contribution in [2.24, 2.45) is 17.6 Å². The van der Waals surface area contributed by atoms with Gasteiger partial charge in [0.2, 0.25) is 0 Å². The quantitative estimate of drug-likeness (QED) is 0.790. The van der Waals surface area contributed by atoms with Crippen molar-refractivity contribution in [1.82, 2.24) is 4.90 Å². The lowest BCUT2D eigenvalue weighted by Gasteiger charge is -2.21. The molecule has 8 heteroatoms. The Labute approximate surface area is 137 Å². The van der Waals surface area contributed by atoms with Gasteiger partial charge in [-0.15, -0.1) is 12.4 Å². The zero-order chi connectivity index (χ0) is 16.1. The molecule has 0 spiro atoms. The van der Waals surface area contributed by atoms with Gasteiger partial charge in [-0.25, -0.2) is 4.39 Å². The molecule has 1 aromatic carbocycles. The van der Waals surface area contributed by atoms with Gasteiger partial charge < -0.3 is 10.6 Å². The molecule has 2 fully saturated rings. The summed E-state index contributed by atoms with van der Waals surface area (Å²) < 4.78 is 52.1. The molecule has 1 heterocycles. The lowest BCUT2D eigenvalue weighted by Crippen LogP contribution is -2.34. The molecule has 1 amide bonds. The van der Waals surface area contributed by atoms with Crippen molar-refractivity contribution < 1.29 is 22.4 Å². The molecule has 0 aromatic heterocycles. The molecule has 3 rings (SSSR count). The molecule has 23 heavy (non-hydrogen) atoms. The van der Waals surface area contributed by atoms with Gasteiger partial charge in [-0.1, -0.05) is 0 Å². The summed E-state index contributed by atoms with van der Waals surface area (Å²) in [4.78, 5) is 13.8. The van der Waals surface area contributed by atoms with Gasteiger partial charge in [-0.2, -0.15) is 13.2 Å². The molecule has 3 unspecified atom stereocenters. The number of halogens is 5. The Kier molecular flexibility index (Phi) is 4.92. The van der Waals surface area contributed by atoms with Crippen molar-refractivity contribution >= 4 is 18.3 Å². The molecule has 1 aromatic rings. The summed E-state index contributed by atoms with van der Waals surface area (Å²) in [7, 11) is 0. The molecule has 0 radical (unpaired) electrons. The molecule has 2 N–H and O–H groups in total. The van der Waals surface area contributed by atoms with E-state index in [1.54, 1.807) is 0 Å². The molecular formula is C15H17ClF4N2O. The van der Waals surface area contributed by atoms with Gasteiger partial charge in [0.1, 0.15) is 5.82 Å². The highest BCUT2D eigenvalue weighted by Crippen LogP contribution is 2.39. The number of hydrogen-bond donors (Lipinski definition) is 1. The molecule has 128 valence electrons. The second-order valence-electron chi connectivity index (χ2n) is 6.06. The van der Waals surface area contributed by atoms with Crippen LogP contribution in [0.15, 0.2) is 18.2 Å². The van der Waals surface area contributed by atoms with Crippen LogP contribution in [-0.2, 0) is 6.18 Å². The fourth-order valence-corrected chi connectivity index (χ4v) is 3.58. The number of carbonyl (C=O) groups excluding carboxylic acids is 1. The maximum Gasteiger partial charge on any atom is 0.417 e. The zero-order valence-corrected chi connectivity index (χ0v) is 13.0. The topological polar surface area (TPSA) is 46.3 Å². The minimum atomic E-state index is -4.76. The van der Waals surface area contributed by atoms with Gasteiger partial charge in [0.05, 0.1) is 11.1 Å². The number of fused-ring (bicyclic) bond motifs is 1. The minimum absolute atomic E-state index is 0. The van der Waals surface area contributed by atoms with Gasteiger partial charge in [0.15, 0.2) is 0 Å². The lowest BCUT2D eigenvalue weighted by atomic mass is 9.98. The second kappa shape index (κ2) is 6.28. The van der Waals surface area contributed by atoms with Crippen LogP contribution in [0.3, 0.4) is 0 Å². The summed E-state index contributed by atoms with van der Waals surface area (Å²) in [6, 6.07) is 2.16. The number of hydrogen-bond acceptors (Lipinski definition) is 2. The van der Waals surface area contributed by atoms with Crippen LogP contribution in [0.1, 0.15) is 28.8 Å². The maximum atomic E-state index is 13.1. The Morgan fingerprint density at radius 3 is 2.52 bits per heavy atom. The first-order valence-corrected chi connectivity index (χ1v) is 7.19. The zero-order valence-electron chi connectivity index (χ0n) is 12.1. The van der Waals surface area contributed by atoms with E-state index in [9.17, 15) is 22.4 Å². The second-order valence-corrected chi connectivity index (χ2v) is 6.06. The van der Waals surface area contributed by atoms with Crippen molar-refractivity contribution in [1.29, 1.82) is 0 Å². The van der Waals surface area contributed by atoms with Crippen molar-refractivity contribution in [3.05, 3.63) is 35.1 Å². The van der Waals surface area contributed by atoms with Gasteiger partial charge in [-0.3, -0.25) is 4.79 Å². The number of amides is 1. The fraction of sp³-hybridized carbons (Fsp3) is 0.533. The molecule has 3 atom stereocenters. The number of nitrogens with zero attached hydrogens (tertiary/aromatic N) is 1. The highest BCUT2D eigenvalue weighted by atomic mass is 35.5. The van der Waals surface area contributed by atoms with E-state index in [0.29, 0.717) is 19.2 Å². The lowest BCUT2D eigenvalue weighted by molar-refractivity contribution is -0.138. The summed E-state index contributed by atoms with van der Waals surface area (Å²) in [6.07, 6.45) is -2.98. The Hall–Kier alpha value is -1.34.